The second-order valence-corrected chi connectivity index (χ2v) is 17.5. The van der Waals surface area contributed by atoms with Crippen LogP contribution in [0.15, 0.2) is 137 Å². The zero-order chi connectivity index (χ0) is 40.8. The lowest BCUT2D eigenvalue weighted by atomic mass is 10.1. The average Bonchev–Trinajstić information content (AvgIpc) is 3.12. The summed E-state index contributed by atoms with van der Waals surface area (Å²) in [5.74, 6) is 0. The second-order valence-electron chi connectivity index (χ2n) is 11.8. The number of nitrogens with zero attached hydrogens (tertiary/aromatic N) is 4. The van der Waals surface area contributed by atoms with Crippen LogP contribution in [-0.4, -0.2) is 51.9 Å². The van der Waals surface area contributed by atoms with Gasteiger partial charge in [0.05, 0.1) is 32.5 Å². The molecule has 0 aliphatic rings. The maximum Gasteiger partial charge on any atom is 0.295 e. The molecule has 8 N–H and O–H groups in total. The molecule has 6 aromatic carbocycles. The number of hydrogen-bond donors (Lipinski definition) is 6. The third-order valence-corrected chi connectivity index (χ3v) is 11.7. The van der Waals surface area contributed by atoms with Gasteiger partial charge in [-0.1, -0.05) is 36.4 Å². The maximum absolute atomic E-state index is 12.4. The van der Waals surface area contributed by atoms with Crippen LogP contribution in [0.5, 0.6) is 0 Å². The lowest BCUT2D eigenvalue weighted by Gasteiger charge is -2.08. The molecule has 0 fully saturated rings. The van der Waals surface area contributed by atoms with Crippen molar-refractivity contribution in [3.63, 3.8) is 0 Å². The van der Waals surface area contributed by atoms with E-state index in [9.17, 15) is 51.9 Å². The van der Waals surface area contributed by atoms with Crippen molar-refractivity contribution in [3.8, 4) is 0 Å². The molecule has 0 saturated carbocycles. The minimum Gasteiger partial charge on any atom is -0.398 e. The van der Waals surface area contributed by atoms with Gasteiger partial charge < -0.3 is 11.5 Å². The molecular weight excluding hydrogens is 813 g/mol. The summed E-state index contributed by atoms with van der Waals surface area (Å²) >= 11 is 0. The Morgan fingerprint density at radius 3 is 1.12 bits per heavy atom. The minimum atomic E-state index is -4.93. The van der Waals surface area contributed by atoms with Crippen LogP contribution < -0.4 is 11.5 Å². The summed E-state index contributed by atoms with van der Waals surface area (Å²) in [5, 5.41) is 17.4. The van der Waals surface area contributed by atoms with E-state index < -0.39 is 60.1 Å². The van der Waals surface area contributed by atoms with Gasteiger partial charge in [0.15, 0.2) is 0 Å². The normalized spacial score (nSPS) is 13.1. The van der Waals surface area contributed by atoms with Crippen LogP contribution >= 0.6 is 0 Å². The molecule has 0 aliphatic carbocycles. The molecule has 0 aromatic heterocycles. The standard InChI is InChI=1S/C34H26N6O12S4/c35-29-11-13-31(27-17-23(53(41,42)43)7-9-25(27)29)39-37-21-5-3-19(33(15-21)55(47,48)49)1-2-20-4-6-22(16-34(20)56(50,51)52)38-40-32-14-12-30(36)26-10-8-24(18-28(26)32)54(44,45)46/h1-18H,35-36H2,(H,41,42,43)(H,44,45,46)(H,47,48,49)(H,50,51,52)/b2-1+,39-37+,40-38+. The third kappa shape index (κ3) is 8.61. The van der Waals surface area contributed by atoms with Crippen LogP contribution in [0.1, 0.15) is 11.1 Å². The van der Waals surface area contributed by atoms with E-state index in [0.717, 1.165) is 48.6 Å². The summed E-state index contributed by atoms with van der Waals surface area (Å²) in [7, 11) is -19.0. The first-order chi connectivity index (χ1) is 26.1. The summed E-state index contributed by atoms with van der Waals surface area (Å²) < 4.78 is 135. The highest BCUT2D eigenvalue weighted by molar-refractivity contribution is 7.86. The fourth-order valence-electron chi connectivity index (χ4n) is 5.46. The van der Waals surface area contributed by atoms with Gasteiger partial charge in [-0.2, -0.15) is 43.9 Å². The van der Waals surface area contributed by atoms with Gasteiger partial charge in [-0.3, -0.25) is 18.2 Å². The summed E-state index contributed by atoms with van der Waals surface area (Å²) in [5.41, 5.74) is 12.3. The number of nitrogens with two attached hydrogens (primary N) is 2. The lowest BCUT2D eigenvalue weighted by molar-refractivity contribution is 0.480. The monoisotopic (exact) mass is 838 g/mol. The van der Waals surface area contributed by atoms with Crippen molar-refractivity contribution in [3.05, 3.63) is 108 Å². The molecule has 0 atom stereocenters. The zero-order valence-corrected chi connectivity index (χ0v) is 31.3. The number of rotatable bonds is 10. The molecule has 288 valence electrons. The van der Waals surface area contributed by atoms with E-state index in [1.54, 1.807) is 0 Å². The SMILES string of the molecule is Nc1ccc(/N=N/c2ccc(/C=C/c3ccc(/N=N/c4ccc(N)c5ccc(S(=O)(=O)O)cc45)cc3S(=O)(=O)O)c(S(=O)(=O)O)c2)c2cc(S(=O)(=O)O)ccc12. The Bertz CT molecular complexity index is 2960. The van der Waals surface area contributed by atoms with Gasteiger partial charge in [-0.15, -0.1) is 10.2 Å². The highest BCUT2D eigenvalue weighted by Crippen LogP contribution is 2.36. The number of hydrogen-bond acceptors (Lipinski definition) is 14. The van der Waals surface area contributed by atoms with Gasteiger partial charge in [0.1, 0.15) is 9.79 Å². The van der Waals surface area contributed by atoms with Gasteiger partial charge in [-0.05, 0) is 83.9 Å². The largest absolute Gasteiger partial charge is 0.398 e. The van der Waals surface area contributed by atoms with E-state index in [2.05, 4.69) is 20.5 Å². The Morgan fingerprint density at radius 2 is 0.786 bits per heavy atom. The van der Waals surface area contributed by atoms with Crippen LogP contribution in [-0.2, 0) is 40.5 Å². The summed E-state index contributed by atoms with van der Waals surface area (Å²) in [6.07, 6.45) is 2.29. The zero-order valence-electron chi connectivity index (χ0n) is 28.0. The van der Waals surface area contributed by atoms with E-state index in [1.807, 2.05) is 0 Å². The first kappa shape index (κ1) is 39.7. The van der Waals surface area contributed by atoms with Gasteiger partial charge >= 0.3 is 0 Å². The summed E-state index contributed by atoms with van der Waals surface area (Å²) in [6.45, 7) is 0. The summed E-state index contributed by atoms with van der Waals surface area (Å²) in [6, 6.07) is 20.1. The predicted molar refractivity (Wildman–Crippen MR) is 206 cm³/mol. The molecule has 6 rings (SSSR count). The fraction of sp³-hybridized carbons (Fsp3) is 0. The van der Waals surface area contributed by atoms with Crippen LogP contribution in [0.2, 0.25) is 0 Å². The van der Waals surface area contributed by atoms with E-state index >= 15 is 0 Å². The van der Waals surface area contributed by atoms with E-state index in [4.69, 9.17) is 11.5 Å². The van der Waals surface area contributed by atoms with Gasteiger partial charge in [-0.25, -0.2) is 0 Å². The van der Waals surface area contributed by atoms with Crippen molar-refractivity contribution in [2.75, 3.05) is 11.5 Å². The Labute approximate surface area is 318 Å². The lowest BCUT2D eigenvalue weighted by Crippen LogP contribution is -2.01. The minimum absolute atomic E-state index is 0.0814. The Hall–Kier alpha value is -5.98. The fourth-order valence-corrected chi connectivity index (χ4v) is 7.88. The number of benzene rings is 6. The van der Waals surface area contributed by atoms with Crippen molar-refractivity contribution < 1.29 is 51.9 Å². The maximum atomic E-state index is 12.4. The molecule has 0 amide bonds. The van der Waals surface area contributed by atoms with Gasteiger partial charge in [0, 0.05) is 32.9 Å². The Kier molecular flexibility index (Phi) is 10.3. The first-order valence-corrected chi connectivity index (χ1v) is 21.2. The molecule has 22 heteroatoms. The Balaban J connectivity index is 1.34. The number of fused-ring (bicyclic) bond motifs is 2. The molecule has 56 heavy (non-hydrogen) atoms. The van der Waals surface area contributed by atoms with Crippen molar-refractivity contribution in [1.29, 1.82) is 0 Å². The quantitative estimate of drug-likeness (QED) is 0.0345. The van der Waals surface area contributed by atoms with Gasteiger partial charge in [0.25, 0.3) is 40.5 Å². The molecule has 0 heterocycles. The molecule has 0 unspecified atom stereocenters. The average molecular weight is 839 g/mol. The van der Waals surface area contributed by atoms with Crippen LogP contribution in [0, 0.1) is 0 Å². The highest BCUT2D eigenvalue weighted by Gasteiger charge is 2.19. The molecule has 0 saturated heterocycles. The van der Waals surface area contributed by atoms with Crippen molar-refractivity contribution in [1.82, 2.24) is 0 Å². The molecule has 0 bridgehead atoms. The van der Waals surface area contributed by atoms with Crippen LogP contribution in [0.25, 0.3) is 33.7 Å². The number of azo groups is 2. The Morgan fingerprint density at radius 1 is 0.411 bits per heavy atom. The number of anilines is 2. The summed E-state index contributed by atoms with van der Waals surface area (Å²) in [4.78, 5) is -2.18. The van der Waals surface area contributed by atoms with Crippen LogP contribution in [0.3, 0.4) is 0 Å². The van der Waals surface area contributed by atoms with E-state index in [0.29, 0.717) is 10.8 Å². The third-order valence-electron chi connectivity index (χ3n) is 8.13. The molecule has 6 aromatic rings. The van der Waals surface area contributed by atoms with Crippen LogP contribution in [0.4, 0.5) is 34.1 Å². The van der Waals surface area contributed by atoms with E-state index in [1.165, 1.54) is 60.7 Å². The molecular formula is C34H26N6O12S4. The van der Waals surface area contributed by atoms with Gasteiger partial charge in [0.2, 0.25) is 0 Å². The van der Waals surface area contributed by atoms with E-state index in [-0.39, 0.29) is 56.0 Å². The predicted octanol–water partition coefficient (Wildman–Crippen LogP) is 7.15. The molecule has 0 radical (unpaired) electrons. The molecule has 18 nitrogen and oxygen atoms in total. The van der Waals surface area contributed by atoms with Crippen molar-refractivity contribution in [2.45, 2.75) is 19.6 Å². The first-order valence-electron chi connectivity index (χ1n) is 15.4. The van der Waals surface area contributed by atoms with Crippen molar-refractivity contribution in [2.24, 2.45) is 20.5 Å². The molecule has 0 spiro atoms. The molecule has 0 aliphatic heterocycles. The van der Waals surface area contributed by atoms with Crippen molar-refractivity contribution >= 4 is 108 Å². The number of nitrogen functional groups attached to an aromatic ring is 2. The smallest absolute Gasteiger partial charge is 0.295 e. The second kappa shape index (κ2) is 14.6. The highest BCUT2D eigenvalue weighted by atomic mass is 32.2. The topological polar surface area (TPSA) is 319 Å².